The van der Waals surface area contributed by atoms with Crippen LogP contribution in [0.5, 0.6) is 0 Å². The van der Waals surface area contributed by atoms with E-state index in [2.05, 4.69) is 16.7 Å². The van der Waals surface area contributed by atoms with Crippen molar-refractivity contribution >= 4 is 29.1 Å². The first kappa shape index (κ1) is 24.1. The van der Waals surface area contributed by atoms with Crippen LogP contribution in [0.1, 0.15) is 62.2 Å². The molecule has 0 spiro atoms. The Hall–Kier alpha value is -2.61. The highest BCUT2D eigenvalue weighted by Crippen LogP contribution is 2.40. The minimum Gasteiger partial charge on any atom is -0.358 e. The minimum absolute atomic E-state index is 0.00209. The molecule has 4 aliphatic rings. The Morgan fingerprint density at radius 1 is 0.857 bits per heavy atom. The maximum absolute atomic E-state index is 13.7. The van der Waals surface area contributed by atoms with Gasteiger partial charge >= 0.3 is 0 Å². The lowest BCUT2D eigenvalue weighted by Crippen LogP contribution is -2.58. The molecule has 0 N–H and O–H groups in total. The summed E-state index contributed by atoms with van der Waals surface area (Å²) in [7, 11) is 0. The van der Waals surface area contributed by atoms with E-state index >= 15 is 0 Å². The monoisotopic (exact) mass is 481 g/mol. The quantitative estimate of drug-likeness (QED) is 0.647. The lowest BCUT2D eigenvalue weighted by molar-refractivity contribution is -0.133. The van der Waals surface area contributed by atoms with E-state index in [-0.39, 0.29) is 30.3 Å². The number of likely N-dealkylation sites (tertiary alicyclic amines) is 1. The van der Waals surface area contributed by atoms with E-state index in [0.717, 1.165) is 83.5 Å². The van der Waals surface area contributed by atoms with Crippen LogP contribution in [0.2, 0.25) is 0 Å². The van der Waals surface area contributed by atoms with Crippen molar-refractivity contribution in [1.82, 2.24) is 14.7 Å². The van der Waals surface area contributed by atoms with Crippen molar-refractivity contribution in [3.8, 4) is 0 Å². The molecule has 3 saturated heterocycles. The highest BCUT2D eigenvalue weighted by Gasteiger charge is 2.41. The highest BCUT2D eigenvalue weighted by atomic mass is 16.2. The number of nitrogens with zero attached hydrogens (tertiary/aromatic N) is 5. The van der Waals surface area contributed by atoms with Crippen LogP contribution in [-0.4, -0.2) is 97.4 Å². The molecule has 4 aliphatic heterocycles. The molecule has 0 aromatic heterocycles. The molecule has 5 rings (SSSR count). The van der Waals surface area contributed by atoms with E-state index in [0.29, 0.717) is 24.3 Å². The fourth-order valence-corrected chi connectivity index (χ4v) is 6.11. The second kappa shape index (κ2) is 10.6. The van der Waals surface area contributed by atoms with Gasteiger partial charge in [-0.05, 0) is 69.7 Å². The van der Waals surface area contributed by atoms with E-state index in [4.69, 9.17) is 0 Å². The van der Waals surface area contributed by atoms with E-state index in [1.54, 1.807) is 4.90 Å². The zero-order chi connectivity index (χ0) is 24.4. The molecule has 3 amide bonds. The third-order valence-electron chi connectivity index (χ3n) is 8.08. The number of amides is 3. The first-order chi connectivity index (χ1) is 17.1. The number of piperazine rings is 1. The van der Waals surface area contributed by atoms with Crippen LogP contribution in [0.25, 0.3) is 0 Å². The van der Waals surface area contributed by atoms with Gasteiger partial charge in [0, 0.05) is 51.4 Å². The fourth-order valence-electron chi connectivity index (χ4n) is 6.11. The SMILES string of the molecule is CCCN1CCN(C(=O)CN2C(=O)[C@@H]3CCCCN3c3ccc(C(=O)N4CCCCC4)cc32)CC1. The van der Waals surface area contributed by atoms with E-state index < -0.39 is 0 Å². The molecule has 8 heteroatoms. The summed E-state index contributed by atoms with van der Waals surface area (Å²) in [5.74, 6) is 0.0225. The maximum atomic E-state index is 13.7. The first-order valence-corrected chi connectivity index (χ1v) is 13.6. The molecule has 1 aromatic carbocycles. The average Bonchev–Trinajstić information content (AvgIpc) is 2.91. The molecule has 190 valence electrons. The summed E-state index contributed by atoms with van der Waals surface area (Å²) in [6.07, 6.45) is 7.25. The molecule has 1 aromatic rings. The Balaban J connectivity index is 1.39. The Morgan fingerprint density at radius 2 is 1.60 bits per heavy atom. The normalized spacial score (nSPS) is 23.2. The number of hydrogen-bond donors (Lipinski definition) is 0. The first-order valence-electron chi connectivity index (χ1n) is 13.6. The molecule has 8 nitrogen and oxygen atoms in total. The maximum Gasteiger partial charge on any atom is 0.253 e. The summed E-state index contributed by atoms with van der Waals surface area (Å²) in [4.78, 5) is 50.3. The number of carbonyl (C=O) groups excluding carboxylic acids is 3. The zero-order valence-corrected chi connectivity index (χ0v) is 21.1. The van der Waals surface area contributed by atoms with E-state index in [9.17, 15) is 14.4 Å². The number of carbonyl (C=O) groups is 3. The predicted octanol–water partition coefficient (Wildman–Crippen LogP) is 2.57. The molecule has 4 heterocycles. The van der Waals surface area contributed by atoms with Gasteiger partial charge in [0.1, 0.15) is 12.6 Å². The van der Waals surface area contributed by atoms with Gasteiger partial charge in [-0.3, -0.25) is 24.2 Å². The summed E-state index contributed by atoms with van der Waals surface area (Å²) in [6, 6.07) is 5.55. The van der Waals surface area contributed by atoms with Crippen LogP contribution < -0.4 is 9.80 Å². The Kier molecular flexibility index (Phi) is 7.27. The van der Waals surface area contributed by atoms with E-state index in [1.165, 1.54) is 6.42 Å². The predicted molar refractivity (Wildman–Crippen MR) is 137 cm³/mol. The fraction of sp³-hybridized carbons (Fsp3) is 0.667. The summed E-state index contributed by atoms with van der Waals surface area (Å²) in [5.41, 5.74) is 2.30. The zero-order valence-electron chi connectivity index (χ0n) is 21.1. The van der Waals surface area contributed by atoms with Gasteiger partial charge in [-0.2, -0.15) is 0 Å². The van der Waals surface area contributed by atoms with Crippen molar-refractivity contribution < 1.29 is 14.4 Å². The van der Waals surface area contributed by atoms with Gasteiger partial charge in [-0.15, -0.1) is 0 Å². The third-order valence-corrected chi connectivity index (χ3v) is 8.08. The van der Waals surface area contributed by atoms with Gasteiger partial charge in [-0.1, -0.05) is 6.92 Å². The molecule has 0 unspecified atom stereocenters. The average molecular weight is 482 g/mol. The largest absolute Gasteiger partial charge is 0.358 e. The molecule has 35 heavy (non-hydrogen) atoms. The Bertz CT molecular complexity index is 952. The molecule has 1 atom stereocenters. The summed E-state index contributed by atoms with van der Waals surface area (Å²) >= 11 is 0. The minimum atomic E-state index is -0.214. The van der Waals surface area contributed by atoms with Gasteiger partial charge in [0.15, 0.2) is 0 Å². The molecule has 3 fully saturated rings. The van der Waals surface area contributed by atoms with Crippen molar-refractivity contribution in [2.45, 2.75) is 57.9 Å². The number of piperidine rings is 2. The number of hydrogen-bond acceptors (Lipinski definition) is 5. The number of rotatable bonds is 5. The molecule has 0 bridgehead atoms. The van der Waals surface area contributed by atoms with Crippen molar-refractivity contribution in [1.29, 1.82) is 0 Å². The second-order valence-corrected chi connectivity index (χ2v) is 10.4. The third kappa shape index (κ3) is 4.90. The van der Waals surface area contributed by atoms with E-state index in [1.807, 2.05) is 28.0 Å². The summed E-state index contributed by atoms with van der Waals surface area (Å²) in [6.45, 7) is 8.87. The molecule has 0 saturated carbocycles. The van der Waals surface area contributed by atoms with Gasteiger partial charge < -0.3 is 14.7 Å². The standard InChI is InChI=1S/C27H39N5O3/c1-2-11-28-15-17-29(18-16-28)25(33)20-32-24-19-21(26(34)30-12-5-3-6-13-30)9-10-22(24)31-14-7-4-8-23(31)27(32)35/h9-10,19,23H,2-8,11-18,20H2,1H3/t23-/m0/s1. The van der Waals surface area contributed by atoms with Crippen molar-refractivity contribution in [2.24, 2.45) is 0 Å². The number of benzene rings is 1. The number of fused-ring (bicyclic) bond motifs is 3. The summed E-state index contributed by atoms with van der Waals surface area (Å²) in [5, 5.41) is 0. The van der Waals surface area contributed by atoms with Crippen LogP contribution in [0.15, 0.2) is 18.2 Å². The lowest BCUT2D eigenvalue weighted by Gasteiger charge is -2.45. The Labute approximate surface area is 208 Å². The molecular formula is C27H39N5O3. The van der Waals surface area contributed by atoms with Crippen molar-refractivity contribution in [2.75, 3.05) is 68.7 Å². The van der Waals surface area contributed by atoms with Crippen LogP contribution in [-0.2, 0) is 9.59 Å². The molecule has 0 radical (unpaired) electrons. The van der Waals surface area contributed by atoms with Crippen molar-refractivity contribution in [3.05, 3.63) is 23.8 Å². The van der Waals surface area contributed by atoms with Crippen LogP contribution >= 0.6 is 0 Å². The van der Waals surface area contributed by atoms with Gasteiger partial charge in [0.05, 0.1) is 11.4 Å². The molecule has 0 aliphatic carbocycles. The topological polar surface area (TPSA) is 67.4 Å². The van der Waals surface area contributed by atoms with Crippen LogP contribution in [0.3, 0.4) is 0 Å². The van der Waals surface area contributed by atoms with Gasteiger partial charge in [0.25, 0.3) is 5.91 Å². The van der Waals surface area contributed by atoms with Crippen molar-refractivity contribution in [3.63, 3.8) is 0 Å². The summed E-state index contributed by atoms with van der Waals surface area (Å²) < 4.78 is 0. The van der Waals surface area contributed by atoms with Crippen LogP contribution in [0, 0.1) is 0 Å². The lowest BCUT2D eigenvalue weighted by atomic mass is 9.95. The second-order valence-electron chi connectivity index (χ2n) is 10.4. The smallest absolute Gasteiger partial charge is 0.253 e. The highest BCUT2D eigenvalue weighted by molar-refractivity contribution is 6.09. The number of anilines is 2. The van der Waals surface area contributed by atoms with Crippen LogP contribution in [0.4, 0.5) is 11.4 Å². The molecular weight excluding hydrogens is 442 g/mol. The Morgan fingerprint density at radius 3 is 2.34 bits per heavy atom. The van der Waals surface area contributed by atoms with Gasteiger partial charge in [0.2, 0.25) is 11.8 Å². The van der Waals surface area contributed by atoms with Gasteiger partial charge in [-0.25, -0.2) is 0 Å².